The molecule has 6 heteroatoms. The van der Waals surface area contributed by atoms with Crippen LogP contribution in [0.2, 0.25) is 0 Å². The number of carbonyl (C=O) groups excluding carboxylic acids is 1. The van der Waals surface area contributed by atoms with E-state index in [2.05, 4.69) is 5.32 Å². The van der Waals surface area contributed by atoms with Crippen molar-refractivity contribution in [3.63, 3.8) is 0 Å². The van der Waals surface area contributed by atoms with E-state index in [4.69, 9.17) is 0 Å². The third-order valence-electron chi connectivity index (χ3n) is 3.05. The van der Waals surface area contributed by atoms with Gasteiger partial charge in [-0.05, 0) is 38.5 Å². The molecule has 0 heterocycles. The summed E-state index contributed by atoms with van der Waals surface area (Å²) in [6.07, 6.45) is 1.74. The highest BCUT2D eigenvalue weighted by Crippen LogP contribution is 2.16. The number of hydrogen-bond donors (Lipinski definition) is 1. The number of sulfonamides is 1. The van der Waals surface area contributed by atoms with E-state index in [-0.39, 0.29) is 16.8 Å². The van der Waals surface area contributed by atoms with E-state index in [1.54, 1.807) is 19.2 Å². The van der Waals surface area contributed by atoms with Crippen molar-refractivity contribution in [1.82, 2.24) is 9.62 Å². The minimum Gasteiger partial charge on any atom is -0.350 e. The van der Waals surface area contributed by atoms with Crippen molar-refractivity contribution < 1.29 is 13.2 Å². The minimum atomic E-state index is -3.54. The van der Waals surface area contributed by atoms with Gasteiger partial charge in [0, 0.05) is 25.2 Å². The van der Waals surface area contributed by atoms with E-state index in [1.165, 1.54) is 16.4 Å². The maximum Gasteiger partial charge on any atom is 0.251 e. The molecule has 0 unspecified atom stereocenters. The number of hydrogen-bond acceptors (Lipinski definition) is 3. The van der Waals surface area contributed by atoms with Gasteiger partial charge in [0.2, 0.25) is 10.0 Å². The van der Waals surface area contributed by atoms with Gasteiger partial charge in [0.05, 0.1) is 4.90 Å². The first-order valence-corrected chi connectivity index (χ1v) is 8.60. The largest absolute Gasteiger partial charge is 0.350 e. The topological polar surface area (TPSA) is 66.5 Å². The third kappa shape index (κ3) is 4.82. The number of benzene rings is 1. The van der Waals surface area contributed by atoms with Gasteiger partial charge >= 0.3 is 0 Å². The van der Waals surface area contributed by atoms with Crippen molar-refractivity contribution in [2.75, 3.05) is 13.6 Å². The lowest BCUT2D eigenvalue weighted by Crippen LogP contribution is -2.31. The first kappa shape index (κ1) is 17.7. The molecule has 0 fully saturated rings. The molecule has 0 aliphatic rings. The smallest absolute Gasteiger partial charge is 0.251 e. The van der Waals surface area contributed by atoms with Gasteiger partial charge in [-0.2, -0.15) is 0 Å². The molecular formula is C15H24N2O3S. The average Bonchev–Trinajstić information content (AvgIpc) is 2.44. The van der Waals surface area contributed by atoms with Gasteiger partial charge in [-0.3, -0.25) is 4.79 Å². The number of nitrogens with zero attached hydrogens (tertiary/aromatic N) is 1. The van der Waals surface area contributed by atoms with Crippen LogP contribution in [-0.2, 0) is 10.0 Å². The second-order valence-corrected chi connectivity index (χ2v) is 7.38. The molecule has 1 amide bonds. The Kier molecular flexibility index (Phi) is 6.36. The molecule has 118 valence electrons. The number of rotatable bonds is 7. The molecule has 0 bridgehead atoms. The van der Waals surface area contributed by atoms with Crippen molar-refractivity contribution >= 4 is 15.9 Å². The van der Waals surface area contributed by atoms with Gasteiger partial charge in [0.1, 0.15) is 0 Å². The zero-order valence-electron chi connectivity index (χ0n) is 13.1. The zero-order valence-corrected chi connectivity index (χ0v) is 13.9. The van der Waals surface area contributed by atoms with Crippen LogP contribution in [0.25, 0.3) is 0 Å². The molecule has 0 saturated carbocycles. The third-order valence-corrected chi connectivity index (χ3v) is 4.90. The number of carbonyl (C=O) groups is 1. The lowest BCUT2D eigenvalue weighted by Gasteiger charge is -2.17. The van der Waals surface area contributed by atoms with Crippen molar-refractivity contribution in [2.24, 2.45) is 0 Å². The van der Waals surface area contributed by atoms with Crippen LogP contribution in [0.1, 0.15) is 44.0 Å². The Bertz CT molecular complexity index is 582. The van der Waals surface area contributed by atoms with Gasteiger partial charge in [-0.25, -0.2) is 12.7 Å². The summed E-state index contributed by atoms with van der Waals surface area (Å²) in [7, 11) is -1.98. The average molecular weight is 312 g/mol. The van der Waals surface area contributed by atoms with Crippen molar-refractivity contribution in [2.45, 2.75) is 44.6 Å². The van der Waals surface area contributed by atoms with Crippen LogP contribution in [0.3, 0.4) is 0 Å². The van der Waals surface area contributed by atoms with Crippen LogP contribution >= 0.6 is 0 Å². The van der Waals surface area contributed by atoms with Gasteiger partial charge in [0.15, 0.2) is 0 Å². The Morgan fingerprint density at radius 3 is 2.57 bits per heavy atom. The van der Waals surface area contributed by atoms with Gasteiger partial charge in [-0.15, -0.1) is 0 Å². The highest BCUT2D eigenvalue weighted by atomic mass is 32.2. The molecule has 0 aliphatic heterocycles. The van der Waals surface area contributed by atoms with Crippen LogP contribution in [-0.4, -0.2) is 38.3 Å². The summed E-state index contributed by atoms with van der Waals surface area (Å²) in [4.78, 5) is 12.1. The molecule has 0 aromatic heterocycles. The molecule has 0 aliphatic carbocycles. The fraction of sp³-hybridized carbons (Fsp3) is 0.533. The molecule has 1 rings (SSSR count). The summed E-state index contributed by atoms with van der Waals surface area (Å²) in [5.41, 5.74) is 0.355. The molecular weight excluding hydrogens is 288 g/mol. The van der Waals surface area contributed by atoms with E-state index in [1.807, 2.05) is 20.8 Å². The number of nitrogens with one attached hydrogen (secondary N) is 1. The molecule has 21 heavy (non-hydrogen) atoms. The molecule has 1 N–H and O–H groups in total. The summed E-state index contributed by atoms with van der Waals surface area (Å²) in [6.45, 7) is 6.20. The normalized spacial score (nSPS) is 11.9. The van der Waals surface area contributed by atoms with E-state index in [0.717, 1.165) is 12.8 Å². The monoisotopic (exact) mass is 312 g/mol. The van der Waals surface area contributed by atoms with Crippen LogP contribution in [0.4, 0.5) is 0 Å². The maximum atomic E-state index is 12.4. The summed E-state index contributed by atoms with van der Waals surface area (Å²) >= 11 is 0. The van der Waals surface area contributed by atoms with Crippen LogP contribution in [0, 0.1) is 0 Å². The Morgan fingerprint density at radius 1 is 1.33 bits per heavy atom. The summed E-state index contributed by atoms with van der Waals surface area (Å²) in [5.74, 6) is -0.265. The standard InChI is InChI=1S/C15H24N2O3S/c1-5-6-10-17(4)21(19,20)14-9-7-8-13(11-14)15(18)16-12(2)3/h7-9,11-12H,5-6,10H2,1-4H3,(H,16,18). The highest BCUT2D eigenvalue weighted by molar-refractivity contribution is 7.89. The first-order valence-electron chi connectivity index (χ1n) is 7.16. The molecule has 5 nitrogen and oxygen atoms in total. The highest BCUT2D eigenvalue weighted by Gasteiger charge is 2.21. The van der Waals surface area contributed by atoms with E-state index in [0.29, 0.717) is 12.1 Å². The predicted octanol–water partition coefficient (Wildman–Crippen LogP) is 2.25. The molecule has 0 atom stereocenters. The fourth-order valence-corrected chi connectivity index (χ4v) is 3.08. The minimum absolute atomic E-state index is 0.00462. The SMILES string of the molecule is CCCCN(C)S(=O)(=O)c1cccc(C(=O)NC(C)C)c1. The van der Waals surface area contributed by atoms with Crippen molar-refractivity contribution in [3.05, 3.63) is 29.8 Å². The lowest BCUT2D eigenvalue weighted by molar-refractivity contribution is 0.0943. The second-order valence-electron chi connectivity index (χ2n) is 5.34. The Labute approximate surface area is 127 Å². The van der Waals surface area contributed by atoms with E-state index < -0.39 is 10.0 Å². The predicted molar refractivity (Wildman–Crippen MR) is 83.8 cm³/mol. The van der Waals surface area contributed by atoms with Gasteiger partial charge < -0.3 is 5.32 Å². The van der Waals surface area contributed by atoms with Crippen molar-refractivity contribution in [3.8, 4) is 0 Å². The maximum absolute atomic E-state index is 12.4. The fourth-order valence-electron chi connectivity index (χ4n) is 1.82. The molecule has 0 saturated heterocycles. The van der Waals surface area contributed by atoms with E-state index >= 15 is 0 Å². The Balaban J connectivity index is 3.01. The quantitative estimate of drug-likeness (QED) is 0.839. The van der Waals surface area contributed by atoms with Crippen LogP contribution in [0.15, 0.2) is 29.2 Å². The molecule has 0 spiro atoms. The summed E-state index contributed by atoms with van der Waals surface area (Å²) in [5, 5.41) is 2.75. The summed E-state index contributed by atoms with van der Waals surface area (Å²) < 4.78 is 26.2. The van der Waals surface area contributed by atoms with Crippen LogP contribution in [0.5, 0.6) is 0 Å². The second kappa shape index (κ2) is 7.56. The van der Waals surface area contributed by atoms with Crippen molar-refractivity contribution in [1.29, 1.82) is 0 Å². The van der Waals surface area contributed by atoms with Gasteiger partial charge in [-0.1, -0.05) is 19.4 Å². The molecule has 1 aromatic carbocycles. The van der Waals surface area contributed by atoms with E-state index in [9.17, 15) is 13.2 Å². The number of amides is 1. The molecule has 0 radical (unpaired) electrons. The first-order chi connectivity index (χ1) is 9.78. The Hall–Kier alpha value is -1.40. The Morgan fingerprint density at radius 2 is 2.00 bits per heavy atom. The zero-order chi connectivity index (χ0) is 16.0. The van der Waals surface area contributed by atoms with Crippen LogP contribution < -0.4 is 5.32 Å². The van der Waals surface area contributed by atoms with Gasteiger partial charge in [0.25, 0.3) is 5.91 Å². The lowest BCUT2D eigenvalue weighted by atomic mass is 10.2. The molecule has 1 aromatic rings. The number of unbranched alkanes of at least 4 members (excludes halogenated alkanes) is 1. The summed E-state index contributed by atoms with van der Waals surface area (Å²) in [6, 6.07) is 6.16.